The van der Waals surface area contributed by atoms with Crippen molar-refractivity contribution in [3.05, 3.63) is 57.0 Å². The molecule has 0 aromatic heterocycles. The maximum atomic E-state index is 12.9. The number of halogens is 6. The molecule has 0 saturated carbocycles. The Morgan fingerprint density at radius 2 is 1.58 bits per heavy atom. The van der Waals surface area contributed by atoms with Gasteiger partial charge in [0.25, 0.3) is 0 Å². The van der Waals surface area contributed by atoms with Crippen LogP contribution in [0.3, 0.4) is 0 Å². The van der Waals surface area contributed by atoms with Crippen LogP contribution in [0.4, 0.5) is 13.2 Å². The molecule has 0 saturated heterocycles. The van der Waals surface area contributed by atoms with Crippen LogP contribution in [0.1, 0.15) is 5.56 Å². The van der Waals surface area contributed by atoms with Crippen molar-refractivity contribution in [2.75, 3.05) is 0 Å². The zero-order chi connectivity index (χ0) is 14.2. The summed E-state index contributed by atoms with van der Waals surface area (Å²) in [4.78, 5) is 0. The Kier molecular flexibility index (Phi) is 4.00. The van der Waals surface area contributed by atoms with Crippen molar-refractivity contribution in [3.8, 4) is 11.1 Å². The van der Waals surface area contributed by atoms with E-state index in [1.807, 2.05) is 0 Å². The van der Waals surface area contributed by atoms with E-state index in [1.165, 1.54) is 24.3 Å². The Hall–Kier alpha value is -0.900. The summed E-state index contributed by atoms with van der Waals surface area (Å²) in [6, 6.07) is 8.85. The van der Waals surface area contributed by atoms with Crippen molar-refractivity contribution in [1.82, 2.24) is 0 Å². The minimum absolute atomic E-state index is 0.0922. The Balaban J connectivity index is 2.67. The third kappa shape index (κ3) is 2.99. The molecule has 0 atom stereocenters. The fourth-order valence-corrected chi connectivity index (χ4v) is 2.21. The lowest BCUT2D eigenvalue weighted by atomic mass is 9.99. The van der Waals surface area contributed by atoms with E-state index in [4.69, 9.17) is 34.8 Å². The number of benzene rings is 2. The number of rotatable bonds is 1. The normalized spacial score (nSPS) is 11.7. The first-order chi connectivity index (χ1) is 8.80. The van der Waals surface area contributed by atoms with Crippen LogP contribution in [0.2, 0.25) is 15.1 Å². The van der Waals surface area contributed by atoms with Crippen molar-refractivity contribution in [1.29, 1.82) is 0 Å². The van der Waals surface area contributed by atoms with Gasteiger partial charge in [0.1, 0.15) is 0 Å². The van der Waals surface area contributed by atoms with Crippen LogP contribution in [-0.2, 0) is 6.18 Å². The van der Waals surface area contributed by atoms with Gasteiger partial charge in [0, 0.05) is 5.56 Å². The minimum Gasteiger partial charge on any atom is -0.166 e. The van der Waals surface area contributed by atoms with E-state index < -0.39 is 11.7 Å². The molecule has 0 heterocycles. The van der Waals surface area contributed by atoms with E-state index in [9.17, 15) is 13.2 Å². The van der Waals surface area contributed by atoms with Gasteiger partial charge < -0.3 is 0 Å². The third-order valence-electron chi connectivity index (χ3n) is 2.43. The highest BCUT2D eigenvalue weighted by molar-refractivity contribution is 6.48. The van der Waals surface area contributed by atoms with Gasteiger partial charge in [0.15, 0.2) is 0 Å². The third-order valence-corrected chi connectivity index (χ3v) is 3.63. The van der Waals surface area contributed by atoms with Gasteiger partial charge in [-0.25, -0.2) is 0 Å². The molecule has 0 aliphatic carbocycles. The monoisotopic (exact) mass is 323 g/mol. The molecular formula is C13H5Cl3F3. The smallest absolute Gasteiger partial charge is 0.166 e. The summed E-state index contributed by atoms with van der Waals surface area (Å²) >= 11 is 17.4. The van der Waals surface area contributed by atoms with Crippen molar-refractivity contribution in [2.24, 2.45) is 0 Å². The molecule has 0 aliphatic rings. The van der Waals surface area contributed by atoms with Gasteiger partial charge in [-0.15, -0.1) is 0 Å². The van der Waals surface area contributed by atoms with Crippen molar-refractivity contribution in [3.63, 3.8) is 0 Å². The second kappa shape index (κ2) is 5.23. The molecule has 2 aromatic carbocycles. The van der Waals surface area contributed by atoms with Gasteiger partial charge in [-0.3, -0.25) is 0 Å². The van der Waals surface area contributed by atoms with Gasteiger partial charge in [-0.05, 0) is 29.8 Å². The highest BCUT2D eigenvalue weighted by Gasteiger charge is 2.33. The Bertz CT molecular complexity index is 598. The predicted octanol–water partition coefficient (Wildman–Crippen LogP) is 6.13. The second-order valence-corrected chi connectivity index (χ2v) is 4.90. The minimum atomic E-state index is -4.48. The summed E-state index contributed by atoms with van der Waals surface area (Å²) in [6.45, 7) is 0. The molecule has 1 radical (unpaired) electrons. The fourth-order valence-electron chi connectivity index (χ4n) is 1.61. The van der Waals surface area contributed by atoms with Crippen molar-refractivity contribution < 1.29 is 13.2 Å². The molecular weight excluding hydrogens is 319 g/mol. The summed E-state index contributed by atoms with van der Waals surface area (Å²) in [6.07, 6.45) is -4.48. The fraction of sp³-hybridized carbons (Fsp3) is 0.0769. The van der Waals surface area contributed by atoms with Crippen molar-refractivity contribution in [2.45, 2.75) is 6.18 Å². The molecule has 6 heteroatoms. The van der Waals surface area contributed by atoms with Gasteiger partial charge in [-0.1, -0.05) is 46.9 Å². The van der Waals surface area contributed by atoms with Crippen LogP contribution in [-0.4, -0.2) is 0 Å². The van der Waals surface area contributed by atoms with Gasteiger partial charge in [0.05, 0.1) is 20.6 Å². The summed E-state index contributed by atoms with van der Waals surface area (Å²) in [5.41, 5.74) is -0.702. The van der Waals surface area contributed by atoms with Crippen LogP contribution in [0.15, 0.2) is 30.3 Å². The van der Waals surface area contributed by atoms with Gasteiger partial charge >= 0.3 is 6.18 Å². The number of hydrogen-bond donors (Lipinski definition) is 0. The second-order valence-electron chi connectivity index (χ2n) is 3.71. The van der Waals surface area contributed by atoms with E-state index in [0.29, 0.717) is 0 Å². The Labute approximate surface area is 122 Å². The maximum Gasteiger partial charge on any atom is 0.417 e. The van der Waals surface area contributed by atoms with Crippen LogP contribution in [0.5, 0.6) is 0 Å². The summed E-state index contributed by atoms with van der Waals surface area (Å²) in [5.74, 6) is 0. The zero-order valence-corrected chi connectivity index (χ0v) is 11.4. The molecule has 99 valence electrons. The van der Waals surface area contributed by atoms with E-state index in [-0.39, 0.29) is 26.2 Å². The molecule has 19 heavy (non-hydrogen) atoms. The summed E-state index contributed by atoms with van der Waals surface area (Å²) in [7, 11) is 0. The molecule has 0 N–H and O–H groups in total. The lowest BCUT2D eigenvalue weighted by Gasteiger charge is -2.13. The van der Waals surface area contributed by atoms with Crippen LogP contribution >= 0.6 is 34.8 Å². The molecule has 2 aromatic rings. The standard InChI is InChI=1S/C13H5Cl3F3/c14-10-5-7(6-11(15)12(10)16)8-3-1-2-4-9(8)13(17,18)19/h1-2,4-6H. The highest BCUT2D eigenvalue weighted by atomic mass is 35.5. The summed E-state index contributed by atoms with van der Waals surface area (Å²) < 4.78 is 38.7. The number of hydrogen-bond acceptors (Lipinski definition) is 0. The SMILES string of the molecule is FC(F)(F)c1ccc[c]c1-c1cc(Cl)c(Cl)c(Cl)c1. The summed E-state index contributed by atoms with van der Waals surface area (Å²) in [5, 5.41) is 0.292. The lowest BCUT2D eigenvalue weighted by Crippen LogP contribution is -2.07. The van der Waals surface area contributed by atoms with Crippen LogP contribution < -0.4 is 0 Å². The zero-order valence-electron chi connectivity index (χ0n) is 9.15. The Morgan fingerprint density at radius 3 is 2.11 bits per heavy atom. The first-order valence-corrected chi connectivity index (χ1v) is 6.17. The largest absolute Gasteiger partial charge is 0.417 e. The molecule has 0 amide bonds. The van der Waals surface area contributed by atoms with Gasteiger partial charge in [-0.2, -0.15) is 13.2 Å². The van der Waals surface area contributed by atoms with Gasteiger partial charge in [0.2, 0.25) is 0 Å². The maximum absolute atomic E-state index is 12.9. The molecule has 0 unspecified atom stereocenters. The number of alkyl halides is 3. The van der Waals surface area contributed by atoms with Crippen molar-refractivity contribution >= 4 is 34.8 Å². The quantitative estimate of drug-likeness (QED) is 0.553. The molecule has 0 spiro atoms. The lowest BCUT2D eigenvalue weighted by molar-refractivity contribution is -0.137. The van der Waals surface area contributed by atoms with Crippen LogP contribution in [0.25, 0.3) is 11.1 Å². The average molecular weight is 325 g/mol. The molecule has 0 aliphatic heterocycles. The Morgan fingerprint density at radius 1 is 1.00 bits per heavy atom. The molecule has 0 fully saturated rings. The first-order valence-electron chi connectivity index (χ1n) is 5.03. The van der Waals surface area contributed by atoms with E-state index >= 15 is 0 Å². The van der Waals surface area contributed by atoms with E-state index in [1.54, 1.807) is 0 Å². The van der Waals surface area contributed by atoms with Crippen LogP contribution in [0, 0.1) is 6.07 Å². The molecule has 0 nitrogen and oxygen atoms in total. The topological polar surface area (TPSA) is 0 Å². The predicted molar refractivity (Wildman–Crippen MR) is 70.7 cm³/mol. The molecule has 0 bridgehead atoms. The van der Waals surface area contributed by atoms with E-state index in [0.717, 1.165) is 6.07 Å². The highest BCUT2D eigenvalue weighted by Crippen LogP contribution is 2.40. The first kappa shape index (κ1) is 14.5. The molecule has 2 rings (SSSR count). The average Bonchev–Trinajstić information content (AvgIpc) is 2.34. The van der Waals surface area contributed by atoms with E-state index in [2.05, 4.69) is 6.07 Å².